The monoisotopic (exact) mass is 564 g/mol. The molecule has 11 nitrogen and oxygen atoms in total. The van der Waals surface area contributed by atoms with Gasteiger partial charge in [0.2, 0.25) is 5.95 Å². The number of halogens is 2. The van der Waals surface area contributed by atoms with Gasteiger partial charge in [-0.25, -0.2) is 14.8 Å². The van der Waals surface area contributed by atoms with Crippen LogP contribution in [0.5, 0.6) is 5.75 Å². The zero-order chi connectivity index (χ0) is 27.9. The number of aromatic nitrogens is 3. The molecular weight excluding hydrogens is 539 g/mol. The van der Waals surface area contributed by atoms with Gasteiger partial charge in [-0.15, -0.1) is 0 Å². The molecule has 0 aliphatic carbocycles. The minimum atomic E-state index is -1.07. The Bertz CT molecular complexity index is 1490. The van der Waals surface area contributed by atoms with Crippen LogP contribution < -0.4 is 21.0 Å². The fourth-order valence-electron chi connectivity index (χ4n) is 3.95. The molecule has 0 spiro atoms. The summed E-state index contributed by atoms with van der Waals surface area (Å²) in [7, 11) is 0. The van der Waals surface area contributed by atoms with Crippen molar-refractivity contribution in [3.05, 3.63) is 89.1 Å². The van der Waals surface area contributed by atoms with E-state index in [1.54, 1.807) is 53.6 Å². The number of phenols is 1. The maximum absolute atomic E-state index is 14.2. The average molecular weight is 565 g/mol. The number of nitrogens with one attached hydrogen (secondary N) is 3. The van der Waals surface area contributed by atoms with Gasteiger partial charge < -0.3 is 30.5 Å². The van der Waals surface area contributed by atoms with Crippen LogP contribution in [0.25, 0.3) is 0 Å². The lowest BCUT2D eigenvalue weighted by Gasteiger charge is -2.27. The van der Waals surface area contributed by atoms with Gasteiger partial charge in [0.05, 0.1) is 48.2 Å². The Morgan fingerprint density at radius 1 is 1.02 bits per heavy atom. The number of aromatic hydroxyl groups is 1. The van der Waals surface area contributed by atoms with Crippen molar-refractivity contribution >= 4 is 46.6 Å². The number of nitrogens with zero attached hydrogens (tertiary/aromatic N) is 5. The Morgan fingerprint density at radius 2 is 1.85 bits per heavy atom. The van der Waals surface area contributed by atoms with Crippen LogP contribution in [0, 0.1) is 5.82 Å². The average Bonchev–Trinajstić information content (AvgIpc) is 2.95. The predicted octanol–water partition coefficient (Wildman–Crippen LogP) is 4.50. The van der Waals surface area contributed by atoms with E-state index in [0.717, 1.165) is 6.20 Å². The van der Waals surface area contributed by atoms with E-state index in [2.05, 4.69) is 36.1 Å². The van der Waals surface area contributed by atoms with E-state index >= 15 is 0 Å². The maximum Gasteiger partial charge on any atom is 0.245 e. The quantitative estimate of drug-likeness (QED) is 0.112. The normalized spacial score (nSPS) is 14.2. The first kappa shape index (κ1) is 27.1. The van der Waals surface area contributed by atoms with Crippen LogP contribution >= 0.6 is 11.6 Å². The molecule has 2 aromatic heterocycles. The number of rotatable bonds is 9. The van der Waals surface area contributed by atoms with Crippen molar-refractivity contribution in [3.63, 3.8) is 0 Å². The van der Waals surface area contributed by atoms with Crippen molar-refractivity contribution in [3.8, 4) is 5.75 Å². The fraction of sp³-hybridized carbons (Fsp3) is 0.185. The molecule has 1 saturated heterocycles. The Labute approximate surface area is 234 Å². The topological polar surface area (TPSA) is 140 Å². The van der Waals surface area contributed by atoms with Crippen LogP contribution in [0.1, 0.15) is 17.5 Å². The minimum absolute atomic E-state index is 0.0879. The van der Waals surface area contributed by atoms with E-state index in [1.165, 1.54) is 12.3 Å². The summed E-state index contributed by atoms with van der Waals surface area (Å²) in [6, 6.07) is 15.2. The summed E-state index contributed by atoms with van der Waals surface area (Å²) in [5, 5.41) is 30.7. The second-order valence-electron chi connectivity index (χ2n) is 8.76. The number of hydrogen-bond donors (Lipinski definition) is 5. The molecule has 1 unspecified atom stereocenters. The van der Waals surface area contributed by atoms with Crippen LogP contribution in [0.2, 0.25) is 5.02 Å². The fourth-order valence-corrected chi connectivity index (χ4v) is 4.23. The molecule has 2 aromatic carbocycles. The smallest absolute Gasteiger partial charge is 0.245 e. The zero-order valence-corrected chi connectivity index (χ0v) is 21.9. The largest absolute Gasteiger partial charge is 0.508 e. The Morgan fingerprint density at radius 3 is 2.60 bits per heavy atom. The number of anilines is 5. The minimum Gasteiger partial charge on any atom is -0.508 e. The van der Waals surface area contributed by atoms with Crippen LogP contribution in [-0.4, -0.2) is 57.7 Å². The van der Waals surface area contributed by atoms with Gasteiger partial charge in [0.15, 0.2) is 17.9 Å². The van der Waals surface area contributed by atoms with Crippen molar-refractivity contribution in [2.45, 2.75) is 6.23 Å². The third-order valence-electron chi connectivity index (χ3n) is 5.92. The molecule has 1 aliphatic heterocycles. The van der Waals surface area contributed by atoms with Gasteiger partial charge in [0, 0.05) is 36.1 Å². The summed E-state index contributed by atoms with van der Waals surface area (Å²) in [6.45, 7) is 2.14. The molecule has 5 rings (SSSR count). The molecule has 5 N–H and O–H groups in total. The molecule has 0 saturated carbocycles. The lowest BCUT2D eigenvalue weighted by molar-refractivity contribution is 0.122. The molecule has 40 heavy (non-hydrogen) atoms. The van der Waals surface area contributed by atoms with Crippen molar-refractivity contribution in [2.75, 3.05) is 47.3 Å². The lowest BCUT2D eigenvalue weighted by Crippen LogP contribution is -2.37. The number of phenolic OH excluding ortho intramolecular Hbond substituents is 1. The van der Waals surface area contributed by atoms with Gasteiger partial charge in [0.1, 0.15) is 5.75 Å². The summed E-state index contributed by atoms with van der Waals surface area (Å²) in [6.07, 6.45) is 3.17. The summed E-state index contributed by atoms with van der Waals surface area (Å²) in [5.41, 5.74) is 5.73. The number of morpholine rings is 1. The third kappa shape index (κ3) is 6.91. The van der Waals surface area contributed by atoms with E-state index < -0.39 is 12.0 Å². The molecule has 0 radical (unpaired) electrons. The number of hydrazone groups is 1. The first-order chi connectivity index (χ1) is 19.4. The van der Waals surface area contributed by atoms with Crippen LogP contribution in [0.15, 0.2) is 72.1 Å². The van der Waals surface area contributed by atoms with Crippen molar-refractivity contribution in [1.29, 1.82) is 0 Å². The first-order valence-corrected chi connectivity index (χ1v) is 12.7. The van der Waals surface area contributed by atoms with Gasteiger partial charge in [-0.1, -0.05) is 23.7 Å². The number of pyridine rings is 1. The molecule has 13 heteroatoms. The molecule has 3 heterocycles. The standard InChI is InChI=1S/C27H26ClFN8O3/c28-23-13-18(6-7-22(23)26(39)34-17-2-1-3-21(38)12-17)33-20-5-4-19(30-14-20)15-32-36-27-31-16-24(29)25(35-27)37-8-10-40-11-9-37/h1-7,12-16,26,33-34,38-39H,8-11H2,(H,31,35,36)/b32-15+. The number of aliphatic hydroxyl groups excluding tert-OH is 1. The predicted molar refractivity (Wildman–Crippen MR) is 152 cm³/mol. The van der Waals surface area contributed by atoms with Gasteiger partial charge in [-0.3, -0.25) is 4.98 Å². The highest BCUT2D eigenvalue weighted by Gasteiger charge is 2.18. The van der Waals surface area contributed by atoms with Crippen molar-refractivity contribution < 1.29 is 19.3 Å². The number of aliphatic hydroxyl groups is 1. The lowest BCUT2D eigenvalue weighted by atomic mass is 10.1. The third-order valence-corrected chi connectivity index (χ3v) is 6.24. The van der Waals surface area contributed by atoms with Crippen molar-refractivity contribution in [1.82, 2.24) is 15.0 Å². The second kappa shape index (κ2) is 12.6. The zero-order valence-electron chi connectivity index (χ0n) is 21.1. The first-order valence-electron chi connectivity index (χ1n) is 12.3. The molecular formula is C27H26ClFN8O3. The van der Waals surface area contributed by atoms with E-state index in [-0.39, 0.29) is 17.5 Å². The Hall–Kier alpha value is -4.52. The van der Waals surface area contributed by atoms with Gasteiger partial charge in [-0.2, -0.15) is 10.1 Å². The van der Waals surface area contributed by atoms with Crippen LogP contribution in [0.3, 0.4) is 0 Å². The summed E-state index contributed by atoms with van der Waals surface area (Å²) in [4.78, 5) is 14.3. The van der Waals surface area contributed by atoms with E-state index in [4.69, 9.17) is 16.3 Å². The van der Waals surface area contributed by atoms with Crippen LogP contribution in [-0.2, 0) is 4.74 Å². The van der Waals surface area contributed by atoms with E-state index in [9.17, 15) is 14.6 Å². The molecule has 4 aromatic rings. The van der Waals surface area contributed by atoms with Gasteiger partial charge >= 0.3 is 0 Å². The number of hydrogen-bond acceptors (Lipinski definition) is 11. The second-order valence-corrected chi connectivity index (χ2v) is 9.17. The molecule has 1 atom stereocenters. The molecule has 1 aliphatic rings. The molecule has 0 amide bonds. The summed E-state index contributed by atoms with van der Waals surface area (Å²) in [5.74, 6) is -0.0387. The highest BCUT2D eigenvalue weighted by Crippen LogP contribution is 2.29. The van der Waals surface area contributed by atoms with Gasteiger partial charge in [0.25, 0.3) is 0 Å². The maximum atomic E-state index is 14.2. The Kier molecular flexibility index (Phi) is 8.50. The Balaban J connectivity index is 1.17. The van der Waals surface area contributed by atoms with E-state index in [0.29, 0.717) is 59.6 Å². The number of ether oxygens (including phenoxy) is 1. The summed E-state index contributed by atoms with van der Waals surface area (Å²) < 4.78 is 19.5. The highest BCUT2D eigenvalue weighted by atomic mass is 35.5. The summed E-state index contributed by atoms with van der Waals surface area (Å²) >= 11 is 6.41. The highest BCUT2D eigenvalue weighted by molar-refractivity contribution is 6.31. The molecule has 1 fully saturated rings. The van der Waals surface area contributed by atoms with E-state index in [1.807, 2.05) is 6.07 Å². The van der Waals surface area contributed by atoms with Crippen molar-refractivity contribution in [2.24, 2.45) is 5.10 Å². The number of benzene rings is 2. The molecule has 0 bridgehead atoms. The van der Waals surface area contributed by atoms with Crippen LogP contribution in [0.4, 0.5) is 33.2 Å². The molecule has 206 valence electrons. The SMILES string of the molecule is Oc1cccc(NC(O)c2ccc(Nc3ccc(/C=N/Nc4ncc(F)c(N5CCOCC5)n4)nc3)cc2Cl)c1. The van der Waals surface area contributed by atoms with Gasteiger partial charge in [-0.05, 0) is 36.4 Å².